The predicted octanol–water partition coefficient (Wildman–Crippen LogP) is 1.88. The number of hydrogen-bond donors (Lipinski definition) is 2. The largest absolute Gasteiger partial charge is 0.343 e. The van der Waals surface area contributed by atoms with Crippen LogP contribution in [0.3, 0.4) is 0 Å². The molecule has 2 aliphatic rings. The zero-order valence-electron chi connectivity index (χ0n) is 15.9. The molecule has 0 spiro atoms. The van der Waals surface area contributed by atoms with Crippen molar-refractivity contribution in [1.29, 1.82) is 0 Å². The zero-order valence-corrected chi connectivity index (χ0v) is 17.5. The van der Waals surface area contributed by atoms with Gasteiger partial charge in [-0.1, -0.05) is 24.4 Å². The maximum Gasteiger partial charge on any atom is 0.248 e. The van der Waals surface area contributed by atoms with Crippen LogP contribution >= 0.6 is 12.4 Å². The first-order chi connectivity index (χ1) is 12.3. The third-order valence-electron chi connectivity index (χ3n) is 5.68. The number of sulfone groups is 1. The Kier molecular flexibility index (Phi) is 7.27. The molecule has 1 aliphatic heterocycles. The van der Waals surface area contributed by atoms with Crippen LogP contribution in [0.4, 0.5) is 0 Å². The van der Waals surface area contributed by atoms with Crippen LogP contribution in [0.25, 0.3) is 0 Å². The number of carbonyl (C=O) groups excluding carboxylic acids is 1. The highest BCUT2D eigenvalue weighted by molar-refractivity contribution is 7.92. The Hall–Kier alpha value is -1.19. The van der Waals surface area contributed by atoms with Gasteiger partial charge in [0.15, 0.2) is 20.4 Å². The molecule has 8 nitrogen and oxygen atoms in total. The number of nitrogens with zero attached hydrogens (tertiary/aromatic N) is 2. The molecule has 1 aromatic heterocycles. The van der Waals surface area contributed by atoms with Crippen LogP contribution in [0.5, 0.6) is 0 Å². The molecule has 1 aromatic rings. The van der Waals surface area contributed by atoms with Crippen molar-refractivity contribution in [3.63, 3.8) is 0 Å². The van der Waals surface area contributed by atoms with Gasteiger partial charge in [0.05, 0.1) is 0 Å². The molecule has 1 amide bonds. The highest BCUT2D eigenvalue weighted by atomic mass is 35.5. The van der Waals surface area contributed by atoms with Gasteiger partial charge >= 0.3 is 0 Å². The summed E-state index contributed by atoms with van der Waals surface area (Å²) in [6.45, 7) is 2.75. The van der Waals surface area contributed by atoms with Crippen LogP contribution in [0.15, 0.2) is 4.52 Å². The lowest BCUT2D eigenvalue weighted by Crippen LogP contribution is -2.57. The molecule has 1 atom stereocenters. The third-order valence-corrected chi connectivity index (χ3v) is 7.69. The second-order valence-corrected chi connectivity index (χ2v) is 9.86. The van der Waals surface area contributed by atoms with Crippen LogP contribution in [0.2, 0.25) is 0 Å². The molecule has 3 rings (SSSR count). The molecule has 1 aliphatic carbocycles. The quantitative estimate of drug-likeness (QED) is 0.747. The van der Waals surface area contributed by atoms with Crippen LogP contribution in [0, 0.1) is 0 Å². The van der Waals surface area contributed by atoms with E-state index in [0.29, 0.717) is 30.7 Å². The lowest BCUT2D eigenvalue weighted by atomic mass is 9.89. The third kappa shape index (κ3) is 4.63. The molecule has 0 bridgehead atoms. The molecule has 10 heteroatoms. The molecule has 2 heterocycles. The molecule has 2 fully saturated rings. The molecule has 2 N–H and O–H groups in total. The Morgan fingerprint density at radius 2 is 1.89 bits per heavy atom. The van der Waals surface area contributed by atoms with Gasteiger partial charge < -0.3 is 15.2 Å². The normalized spacial score (nSPS) is 21.9. The first-order valence-corrected chi connectivity index (χ1v) is 11.3. The maximum atomic E-state index is 12.9. The molecule has 0 aromatic carbocycles. The van der Waals surface area contributed by atoms with E-state index >= 15 is 0 Å². The minimum absolute atomic E-state index is 0. The number of aromatic nitrogens is 2. The van der Waals surface area contributed by atoms with Gasteiger partial charge in [-0.05, 0) is 45.7 Å². The van der Waals surface area contributed by atoms with Crippen LogP contribution in [-0.2, 0) is 14.6 Å². The minimum Gasteiger partial charge on any atom is -0.343 e. The van der Waals surface area contributed by atoms with Crippen LogP contribution < -0.4 is 10.6 Å². The van der Waals surface area contributed by atoms with E-state index in [1.54, 1.807) is 6.92 Å². The van der Waals surface area contributed by atoms with Gasteiger partial charge in [0.1, 0.15) is 6.04 Å². The molecular weight excluding hydrogens is 392 g/mol. The van der Waals surface area contributed by atoms with E-state index in [0.717, 1.165) is 19.1 Å². The van der Waals surface area contributed by atoms with Gasteiger partial charge in [-0.15, -0.1) is 12.4 Å². The monoisotopic (exact) mass is 420 g/mol. The Bertz CT molecular complexity index is 740. The van der Waals surface area contributed by atoms with Gasteiger partial charge in [0.2, 0.25) is 11.8 Å². The van der Waals surface area contributed by atoms with Crippen molar-refractivity contribution < 1.29 is 17.7 Å². The van der Waals surface area contributed by atoms with E-state index in [-0.39, 0.29) is 25.2 Å². The van der Waals surface area contributed by atoms with Crippen molar-refractivity contribution in [3.8, 4) is 0 Å². The van der Waals surface area contributed by atoms with Crippen molar-refractivity contribution >= 4 is 28.2 Å². The number of rotatable bonds is 5. The minimum atomic E-state index is -3.55. The molecule has 0 radical (unpaired) electrons. The fourth-order valence-electron chi connectivity index (χ4n) is 3.94. The number of nitrogens with one attached hydrogen (secondary N) is 2. The van der Waals surface area contributed by atoms with E-state index in [4.69, 9.17) is 4.52 Å². The van der Waals surface area contributed by atoms with E-state index in [1.165, 1.54) is 19.3 Å². The number of amides is 1. The molecule has 1 saturated heterocycles. The Balaban J connectivity index is 0.00000261. The van der Waals surface area contributed by atoms with Crippen LogP contribution in [-0.4, -0.2) is 48.6 Å². The Morgan fingerprint density at radius 1 is 1.26 bits per heavy atom. The van der Waals surface area contributed by atoms with Gasteiger partial charge in [-0.2, -0.15) is 4.98 Å². The summed E-state index contributed by atoms with van der Waals surface area (Å²) >= 11 is 0. The number of piperidine rings is 1. The summed E-state index contributed by atoms with van der Waals surface area (Å²) in [5, 5.41) is 9.97. The first kappa shape index (κ1) is 22.1. The van der Waals surface area contributed by atoms with Crippen LogP contribution in [0.1, 0.15) is 75.5 Å². The highest BCUT2D eigenvalue weighted by Crippen LogP contribution is 2.32. The van der Waals surface area contributed by atoms with E-state index < -0.39 is 26.5 Å². The van der Waals surface area contributed by atoms with Gasteiger partial charge in [-0.25, -0.2) is 8.42 Å². The number of halogens is 1. The van der Waals surface area contributed by atoms with E-state index in [9.17, 15) is 13.2 Å². The second kappa shape index (κ2) is 8.87. The summed E-state index contributed by atoms with van der Waals surface area (Å²) in [5.41, 5.74) is 0. The summed E-state index contributed by atoms with van der Waals surface area (Å²) in [4.78, 5) is 17.3. The van der Waals surface area contributed by atoms with Gasteiger partial charge in [0.25, 0.3) is 0 Å². The first-order valence-electron chi connectivity index (χ1n) is 9.38. The summed E-state index contributed by atoms with van der Waals surface area (Å²) in [5.74, 6) is 0.861. The highest BCUT2D eigenvalue weighted by Gasteiger charge is 2.49. The van der Waals surface area contributed by atoms with Crippen molar-refractivity contribution in [2.45, 2.75) is 68.6 Å². The molecule has 154 valence electrons. The average molecular weight is 421 g/mol. The van der Waals surface area contributed by atoms with E-state index in [1.807, 2.05) is 0 Å². The average Bonchev–Trinajstić information content (AvgIpc) is 3.12. The molecule has 27 heavy (non-hydrogen) atoms. The zero-order chi connectivity index (χ0) is 18.8. The van der Waals surface area contributed by atoms with Gasteiger partial charge in [-0.3, -0.25) is 4.79 Å². The Labute approximate surface area is 166 Å². The smallest absolute Gasteiger partial charge is 0.248 e. The Morgan fingerprint density at radius 3 is 2.48 bits per heavy atom. The van der Waals surface area contributed by atoms with Crippen molar-refractivity contribution in [2.24, 2.45) is 0 Å². The summed E-state index contributed by atoms with van der Waals surface area (Å²) in [6, 6.07) is -0.527. The van der Waals surface area contributed by atoms with E-state index in [2.05, 4.69) is 20.8 Å². The fourth-order valence-corrected chi connectivity index (χ4v) is 5.28. The molecular formula is C17H29ClN4O4S. The predicted molar refractivity (Wildman–Crippen MR) is 104 cm³/mol. The second-order valence-electron chi connectivity index (χ2n) is 7.54. The van der Waals surface area contributed by atoms with Crippen molar-refractivity contribution in [1.82, 2.24) is 20.8 Å². The SMILES string of the molecule is CC(NC(=O)C1(S(C)(=O)=O)CCNCC1)c1nc(C2CCCCC2)no1.Cl. The fraction of sp³-hybridized carbons (Fsp3) is 0.824. The van der Waals surface area contributed by atoms with Crippen molar-refractivity contribution in [3.05, 3.63) is 11.7 Å². The summed E-state index contributed by atoms with van der Waals surface area (Å²) in [7, 11) is -3.55. The maximum absolute atomic E-state index is 12.9. The molecule has 1 unspecified atom stereocenters. The lowest BCUT2D eigenvalue weighted by molar-refractivity contribution is -0.125. The summed E-state index contributed by atoms with van der Waals surface area (Å²) in [6.07, 6.45) is 7.38. The topological polar surface area (TPSA) is 114 Å². The number of carbonyl (C=O) groups is 1. The standard InChI is InChI=1S/C17H28N4O4S.ClH/c1-12(15-20-14(21-25-15)13-6-4-3-5-7-13)19-16(22)17(26(2,23)24)8-10-18-11-9-17;/h12-13,18H,3-11H2,1-2H3,(H,19,22);1H. The number of hydrogen-bond acceptors (Lipinski definition) is 7. The lowest BCUT2D eigenvalue weighted by Gasteiger charge is -2.34. The van der Waals surface area contributed by atoms with Gasteiger partial charge in [0, 0.05) is 12.2 Å². The van der Waals surface area contributed by atoms with Crippen molar-refractivity contribution in [2.75, 3.05) is 19.3 Å². The molecule has 1 saturated carbocycles. The summed E-state index contributed by atoms with van der Waals surface area (Å²) < 4.78 is 28.6.